The average molecular weight is 385 g/mol. The third-order valence-electron chi connectivity index (χ3n) is 4.18. The van der Waals surface area contributed by atoms with Crippen molar-refractivity contribution in [2.45, 2.75) is 51.2 Å². The molecule has 0 aromatic heterocycles. The smallest absolute Gasteiger partial charge is 0.227 e. The lowest BCUT2D eigenvalue weighted by Crippen LogP contribution is -2.41. The van der Waals surface area contributed by atoms with E-state index in [9.17, 15) is 4.79 Å². The number of rotatable bonds is 2. The Morgan fingerprint density at radius 2 is 2.20 bits per heavy atom. The van der Waals surface area contributed by atoms with Crippen molar-refractivity contribution in [2.75, 3.05) is 11.4 Å². The number of hydrogen-bond acceptors (Lipinski definition) is 2. The van der Waals surface area contributed by atoms with Crippen molar-refractivity contribution in [1.29, 1.82) is 0 Å². The summed E-state index contributed by atoms with van der Waals surface area (Å²) in [4.78, 5) is 14.2. The zero-order chi connectivity index (χ0) is 14.3. The lowest BCUT2D eigenvalue weighted by atomic mass is 10.0. The first-order chi connectivity index (χ1) is 9.44. The van der Waals surface area contributed by atoms with Crippen LogP contribution in [0, 0.1) is 3.57 Å². The molecule has 3 nitrogen and oxygen atoms in total. The summed E-state index contributed by atoms with van der Waals surface area (Å²) in [5, 5.41) is 0. The molecule has 0 aliphatic carbocycles. The van der Waals surface area contributed by atoms with Crippen LogP contribution in [0.2, 0.25) is 0 Å². The molecular weight excluding hydrogens is 365 g/mol. The molecule has 0 N–H and O–H groups in total. The lowest BCUT2D eigenvalue weighted by molar-refractivity contribution is -0.119. The van der Waals surface area contributed by atoms with Crippen molar-refractivity contribution in [3.63, 3.8) is 0 Å². The van der Waals surface area contributed by atoms with Gasteiger partial charge in [0.05, 0.1) is 18.2 Å². The number of carbonyl (C=O) groups is 1. The van der Waals surface area contributed by atoms with E-state index in [4.69, 9.17) is 4.74 Å². The molecule has 1 fully saturated rings. The van der Waals surface area contributed by atoms with E-state index in [1.807, 2.05) is 4.90 Å². The van der Waals surface area contributed by atoms with E-state index in [1.54, 1.807) is 0 Å². The number of nitrogens with zero attached hydrogens (tertiary/aromatic N) is 1. The fraction of sp³-hybridized carbons (Fsp3) is 0.562. The van der Waals surface area contributed by atoms with Crippen LogP contribution in [-0.4, -0.2) is 24.2 Å². The predicted molar refractivity (Wildman–Crippen MR) is 88.0 cm³/mol. The van der Waals surface area contributed by atoms with Crippen LogP contribution < -0.4 is 4.90 Å². The molecule has 1 aromatic rings. The second-order valence-electron chi connectivity index (χ2n) is 6.32. The van der Waals surface area contributed by atoms with Crippen LogP contribution >= 0.6 is 22.6 Å². The fourth-order valence-electron chi connectivity index (χ4n) is 3.14. The third kappa shape index (κ3) is 2.86. The maximum absolute atomic E-state index is 12.3. The van der Waals surface area contributed by atoms with Gasteiger partial charge in [-0.1, -0.05) is 0 Å². The minimum atomic E-state index is -0.0433. The Morgan fingerprint density at radius 1 is 1.40 bits per heavy atom. The number of anilines is 1. The second-order valence-corrected chi connectivity index (χ2v) is 7.56. The van der Waals surface area contributed by atoms with Gasteiger partial charge in [-0.25, -0.2) is 0 Å². The monoisotopic (exact) mass is 385 g/mol. The molecule has 1 amide bonds. The summed E-state index contributed by atoms with van der Waals surface area (Å²) >= 11 is 2.32. The van der Waals surface area contributed by atoms with Gasteiger partial charge in [-0.3, -0.25) is 4.79 Å². The average Bonchev–Trinajstić information content (AvgIpc) is 2.72. The molecule has 2 aliphatic rings. The second kappa shape index (κ2) is 5.30. The van der Waals surface area contributed by atoms with Crippen molar-refractivity contribution < 1.29 is 9.53 Å². The van der Waals surface area contributed by atoms with Crippen molar-refractivity contribution in [1.82, 2.24) is 0 Å². The molecule has 0 radical (unpaired) electrons. The maximum Gasteiger partial charge on any atom is 0.227 e. The number of hydrogen-bond donors (Lipinski definition) is 0. The van der Waals surface area contributed by atoms with Crippen LogP contribution in [-0.2, 0) is 16.0 Å². The maximum atomic E-state index is 12.3. The van der Waals surface area contributed by atoms with Gasteiger partial charge in [-0.05, 0) is 79.5 Å². The Morgan fingerprint density at radius 3 is 2.90 bits per heavy atom. The van der Waals surface area contributed by atoms with Crippen molar-refractivity contribution >= 4 is 34.2 Å². The van der Waals surface area contributed by atoms with E-state index in [1.165, 1.54) is 9.13 Å². The Balaban J connectivity index is 1.81. The molecule has 1 aromatic carbocycles. The van der Waals surface area contributed by atoms with Crippen LogP contribution in [0.1, 0.15) is 38.7 Å². The predicted octanol–water partition coefficient (Wildman–Crippen LogP) is 3.53. The van der Waals surface area contributed by atoms with Crippen LogP contribution in [0.25, 0.3) is 0 Å². The van der Waals surface area contributed by atoms with Gasteiger partial charge in [0.2, 0.25) is 5.91 Å². The first-order valence-electron chi connectivity index (χ1n) is 7.21. The Kier molecular flexibility index (Phi) is 3.79. The summed E-state index contributed by atoms with van der Waals surface area (Å²) in [7, 11) is 0. The molecule has 4 heteroatoms. The molecule has 2 heterocycles. The largest absolute Gasteiger partial charge is 0.370 e. The summed E-state index contributed by atoms with van der Waals surface area (Å²) in [6, 6.07) is 6.34. The van der Waals surface area contributed by atoms with E-state index in [-0.39, 0.29) is 17.6 Å². The highest BCUT2D eigenvalue weighted by molar-refractivity contribution is 14.1. The normalized spacial score (nSPS) is 24.9. The van der Waals surface area contributed by atoms with Crippen molar-refractivity contribution in [2.24, 2.45) is 0 Å². The molecule has 3 rings (SSSR count). The van der Waals surface area contributed by atoms with E-state index in [2.05, 4.69) is 54.6 Å². The number of halogens is 1. The summed E-state index contributed by atoms with van der Waals surface area (Å²) in [5.74, 6) is 0.229. The van der Waals surface area contributed by atoms with Gasteiger partial charge in [-0.2, -0.15) is 0 Å². The summed E-state index contributed by atoms with van der Waals surface area (Å²) in [6.45, 7) is 4.94. The molecule has 0 spiro atoms. The van der Waals surface area contributed by atoms with E-state index in [0.717, 1.165) is 24.9 Å². The Bertz CT molecular complexity index is 541. The Labute approximate surface area is 133 Å². The van der Waals surface area contributed by atoms with E-state index in [0.29, 0.717) is 13.0 Å². The van der Waals surface area contributed by atoms with Crippen molar-refractivity contribution in [3.8, 4) is 0 Å². The molecule has 1 unspecified atom stereocenters. The quantitative estimate of drug-likeness (QED) is 0.730. The molecule has 0 bridgehead atoms. The van der Waals surface area contributed by atoms with E-state index >= 15 is 0 Å². The third-order valence-corrected chi connectivity index (χ3v) is 4.85. The first kappa shape index (κ1) is 14.3. The first-order valence-corrected chi connectivity index (χ1v) is 8.29. The molecule has 1 saturated heterocycles. The zero-order valence-electron chi connectivity index (χ0n) is 12.0. The van der Waals surface area contributed by atoms with Gasteiger partial charge < -0.3 is 9.64 Å². The Hall–Kier alpha value is -0.620. The van der Waals surface area contributed by atoms with Gasteiger partial charge >= 0.3 is 0 Å². The summed E-state index contributed by atoms with van der Waals surface area (Å²) in [5.41, 5.74) is 2.32. The number of carbonyl (C=O) groups excluding carboxylic acids is 1. The highest BCUT2D eigenvalue weighted by Gasteiger charge is 2.35. The summed E-state index contributed by atoms with van der Waals surface area (Å²) in [6.07, 6.45) is 3.75. The van der Waals surface area contributed by atoms with Gasteiger partial charge in [0.1, 0.15) is 0 Å². The van der Waals surface area contributed by atoms with Gasteiger partial charge in [0, 0.05) is 15.7 Å². The topological polar surface area (TPSA) is 29.5 Å². The van der Waals surface area contributed by atoms with Crippen molar-refractivity contribution in [3.05, 3.63) is 27.3 Å². The van der Waals surface area contributed by atoms with E-state index < -0.39 is 0 Å². The molecule has 0 saturated carbocycles. The van der Waals surface area contributed by atoms with Gasteiger partial charge in [-0.15, -0.1) is 0 Å². The van der Waals surface area contributed by atoms with Crippen LogP contribution in [0.15, 0.2) is 18.2 Å². The molecular formula is C16H20INO2. The fourth-order valence-corrected chi connectivity index (χ4v) is 3.69. The standard InChI is InChI=1S/C16H20INO2/c1-16(2)8-7-13(20-16)10-18-14-5-4-12(17)9-11(14)3-6-15(18)19/h4-5,9,13H,3,6-8,10H2,1-2H3. The number of ether oxygens (including phenoxy) is 1. The van der Waals surface area contributed by atoms with Crippen LogP contribution in [0.3, 0.4) is 0 Å². The molecule has 2 aliphatic heterocycles. The van der Waals surface area contributed by atoms with Gasteiger partial charge in [0.15, 0.2) is 0 Å². The zero-order valence-corrected chi connectivity index (χ0v) is 14.1. The minimum absolute atomic E-state index is 0.0433. The SMILES string of the molecule is CC1(C)CCC(CN2C(=O)CCc3cc(I)ccc32)O1. The number of benzene rings is 1. The number of fused-ring (bicyclic) bond motifs is 1. The number of aryl methyl sites for hydroxylation is 1. The molecule has 1 atom stereocenters. The lowest BCUT2D eigenvalue weighted by Gasteiger charge is -2.32. The number of amides is 1. The highest BCUT2D eigenvalue weighted by atomic mass is 127. The minimum Gasteiger partial charge on any atom is -0.370 e. The van der Waals surface area contributed by atoms with Crippen LogP contribution in [0.5, 0.6) is 0 Å². The molecule has 20 heavy (non-hydrogen) atoms. The molecule has 108 valence electrons. The highest BCUT2D eigenvalue weighted by Crippen LogP contribution is 2.33. The van der Waals surface area contributed by atoms with Gasteiger partial charge in [0.25, 0.3) is 0 Å². The summed E-state index contributed by atoms with van der Waals surface area (Å²) < 4.78 is 7.27. The van der Waals surface area contributed by atoms with Crippen LogP contribution in [0.4, 0.5) is 5.69 Å².